The van der Waals surface area contributed by atoms with Gasteiger partial charge >= 0.3 is 6.03 Å². The van der Waals surface area contributed by atoms with Crippen LogP contribution in [0.15, 0.2) is 83.0 Å². The molecule has 0 saturated heterocycles. The van der Waals surface area contributed by atoms with Gasteiger partial charge < -0.3 is 9.84 Å². The molecule has 2 amide bonds. The van der Waals surface area contributed by atoms with Crippen molar-refractivity contribution in [2.45, 2.75) is 13.0 Å². The fourth-order valence-electron chi connectivity index (χ4n) is 3.93. The van der Waals surface area contributed by atoms with Gasteiger partial charge in [-0.25, -0.2) is 13.6 Å². The average Bonchev–Trinajstić information content (AvgIpc) is 3.30. The number of carbonyl (C=O) groups excluding carboxylic acids is 1. The van der Waals surface area contributed by atoms with Gasteiger partial charge in [-0.15, -0.1) is 0 Å². The molecule has 4 aromatic rings. The standard InChI is InChI=1S/C25H17ClF2N4O2/c1-14-21(24-30-23(31-34-24)16-5-2-6-17(26)12-16)22(15-4-3-7-19(28)13-15)29-25(33)32(14)20-10-8-18(27)9-11-20/h2-13,22H,1H3,(H,29,33). The minimum atomic E-state index is -0.757. The monoisotopic (exact) mass is 478 g/mol. The molecule has 0 bridgehead atoms. The number of aromatic nitrogens is 2. The van der Waals surface area contributed by atoms with Crippen molar-refractivity contribution in [3.8, 4) is 11.4 Å². The molecule has 2 heterocycles. The van der Waals surface area contributed by atoms with Gasteiger partial charge in [0.1, 0.15) is 11.6 Å². The number of hydrogen-bond acceptors (Lipinski definition) is 4. The molecule has 3 aromatic carbocycles. The second-order valence-electron chi connectivity index (χ2n) is 7.68. The number of urea groups is 1. The fraction of sp³-hybridized carbons (Fsp3) is 0.0800. The van der Waals surface area contributed by atoms with Crippen LogP contribution in [-0.4, -0.2) is 16.2 Å². The van der Waals surface area contributed by atoms with Crippen LogP contribution >= 0.6 is 11.6 Å². The van der Waals surface area contributed by atoms with E-state index in [1.165, 1.54) is 41.3 Å². The van der Waals surface area contributed by atoms with Gasteiger partial charge in [-0.1, -0.05) is 41.0 Å². The Hall–Kier alpha value is -4.04. The largest absolute Gasteiger partial charge is 0.334 e. The Morgan fingerprint density at radius 3 is 2.50 bits per heavy atom. The van der Waals surface area contributed by atoms with Crippen molar-refractivity contribution in [3.05, 3.63) is 107 Å². The summed E-state index contributed by atoms with van der Waals surface area (Å²) in [5.41, 5.74) is 2.56. The first-order valence-electron chi connectivity index (χ1n) is 10.3. The number of amides is 2. The summed E-state index contributed by atoms with van der Waals surface area (Å²) < 4.78 is 33.1. The Kier molecular flexibility index (Phi) is 5.59. The number of nitrogens with zero attached hydrogens (tertiary/aromatic N) is 3. The third-order valence-electron chi connectivity index (χ3n) is 5.49. The Balaban J connectivity index is 1.66. The van der Waals surface area contributed by atoms with Gasteiger partial charge in [0, 0.05) is 16.3 Å². The van der Waals surface area contributed by atoms with E-state index in [2.05, 4.69) is 15.5 Å². The number of allylic oxidation sites excluding steroid dienone is 1. The molecule has 5 rings (SSSR count). The van der Waals surface area contributed by atoms with E-state index in [1.807, 2.05) is 0 Å². The molecule has 1 atom stereocenters. The topological polar surface area (TPSA) is 71.3 Å². The predicted octanol–water partition coefficient (Wildman–Crippen LogP) is 6.37. The molecule has 9 heteroatoms. The van der Waals surface area contributed by atoms with Gasteiger partial charge in [-0.05, 0) is 61.0 Å². The molecule has 6 nitrogen and oxygen atoms in total. The number of rotatable bonds is 4. The summed E-state index contributed by atoms with van der Waals surface area (Å²) in [5, 5.41) is 7.48. The van der Waals surface area contributed by atoms with Gasteiger partial charge in [0.2, 0.25) is 5.82 Å². The maximum atomic E-state index is 14.1. The van der Waals surface area contributed by atoms with Crippen molar-refractivity contribution in [2.24, 2.45) is 0 Å². The highest BCUT2D eigenvalue weighted by atomic mass is 35.5. The highest BCUT2D eigenvalue weighted by molar-refractivity contribution is 6.30. The lowest BCUT2D eigenvalue weighted by atomic mass is 9.94. The van der Waals surface area contributed by atoms with Gasteiger partial charge in [-0.3, -0.25) is 4.90 Å². The van der Waals surface area contributed by atoms with E-state index in [0.29, 0.717) is 38.9 Å². The Morgan fingerprint density at radius 1 is 1.00 bits per heavy atom. The number of anilines is 1. The third kappa shape index (κ3) is 4.04. The molecule has 1 unspecified atom stereocenters. The lowest BCUT2D eigenvalue weighted by molar-refractivity contribution is 0.244. The highest BCUT2D eigenvalue weighted by Crippen LogP contribution is 2.39. The molecule has 0 aliphatic carbocycles. The molecule has 0 saturated carbocycles. The summed E-state index contributed by atoms with van der Waals surface area (Å²) >= 11 is 6.09. The summed E-state index contributed by atoms with van der Waals surface area (Å²) in [6, 6.07) is 17.2. The zero-order valence-corrected chi connectivity index (χ0v) is 18.6. The van der Waals surface area contributed by atoms with Crippen LogP contribution in [0.3, 0.4) is 0 Å². The van der Waals surface area contributed by atoms with Gasteiger partial charge in [0.15, 0.2) is 0 Å². The van der Waals surface area contributed by atoms with E-state index < -0.39 is 23.7 Å². The molecule has 170 valence electrons. The van der Waals surface area contributed by atoms with Crippen LogP contribution in [0.25, 0.3) is 17.0 Å². The zero-order chi connectivity index (χ0) is 23.8. The van der Waals surface area contributed by atoms with E-state index in [4.69, 9.17) is 16.1 Å². The number of benzene rings is 3. The number of hydrogen-bond donors (Lipinski definition) is 1. The molecular formula is C25H17ClF2N4O2. The van der Waals surface area contributed by atoms with Crippen LogP contribution < -0.4 is 10.2 Å². The first-order valence-corrected chi connectivity index (χ1v) is 10.7. The maximum Gasteiger partial charge on any atom is 0.326 e. The van der Waals surface area contributed by atoms with Crippen molar-refractivity contribution in [1.82, 2.24) is 15.5 Å². The second kappa shape index (κ2) is 8.72. The van der Waals surface area contributed by atoms with E-state index in [9.17, 15) is 13.6 Å². The molecular weight excluding hydrogens is 462 g/mol. The first-order chi connectivity index (χ1) is 16.4. The molecule has 34 heavy (non-hydrogen) atoms. The van der Waals surface area contributed by atoms with Crippen molar-refractivity contribution in [2.75, 3.05) is 4.90 Å². The number of nitrogens with one attached hydrogen (secondary N) is 1. The predicted molar refractivity (Wildman–Crippen MR) is 124 cm³/mol. The van der Waals surface area contributed by atoms with E-state index >= 15 is 0 Å². The molecule has 1 N–H and O–H groups in total. The molecule has 1 aliphatic rings. The van der Waals surface area contributed by atoms with Crippen molar-refractivity contribution in [1.29, 1.82) is 0 Å². The van der Waals surface area contributed by atoms with Gasteiger partial charge in [-0.2, -0.15) is 4.98 Å². The van der Waals surface area contributed by atoms with Crippen LogP contribution in [0.4, 0.5) is 19.3 Å². The van der Waals surface area contributed by atoms with Crippen LogP contribution in [-0.2, 0) is 0 Å². The molecule has 0 radical (unpaired) electrons. The minimum Gasteiger partial charge on any atom is -0.334 e. The van der Waals surface area contributed by atoms with E-state index in [-0.39, 0.29) is 5.89 Å². The second-order valence-corrected chi connectivity index (χ2v) is 8.12. The first kappa shape index (κ1) is 21.8. The maximum absolute atomic E-state index is 14.1. The number of halogens is 3. The number of carbonyl (C=O) groups is 1. The van der Waals surface area contributed by atoms with Crippen LogP contribution in [0.5, 0.6) is 0 Å². The molecule has 1 aliphatic heterocycles. The highest BCUT2D eigenvalue weighted by Gasteiger charge is 2.36. The van der Waals surface area contributed by atoms with Gasteiger partial charge in [0.25, 0.3) is 5.89 Å². The Morgan fingerprint density at radius 2 is 1.76 bits per heavy atom. The van der Waals surface area contributed by atoms with Crippen LogP contribution in [0.2, 0.25) is 5.02 Å². The minimum absolute atomic E-state index is 0.147. The third-order valence-corrected chi connectivity index (χ3v) is 5.73. The fourth-order valence-corrected chi connectivity index (χ4v) is 4.13. The van der Waals surface area contributed by atoms with Crippen molar-refractivity contribution >= 4 is 28.9 Å². The Bertz CT molecular complexity index is 1420. The van der Waals surface area contributed by atoms with E-state index in [0.717, 1.165) is 0 Å². The van der Waals surface area contributed by atoms with E-state index in [1.54, 1.807) is 43.3 Å². The van der Waals surface area contributed by atoms with Crippen LogP contribution in [0.1, 0.15) is 24.4 Å². The summed E-state index contributed by atoms with van der Waals surface area (Å²) in [7, 11) is 0. The molecule has 0 fully saturated rings. The quantitative estimate of drug-likeness (QED) is 0.370. The van der Waals surface area contributed by atoms with Gasteiger partial charge in [0.05, 0.1) is 17.3 Å². The average molecular weight is 479 g/mol. The zero-order valence-electron chi connectivity index (χ0n) is 17.8. The SMILES string of the molecule is CC1=C(c2nc(-c3cccc(Cl)c3)no2)C(c2cccc(F)c2)NC(=O)N1c1ccc(F)cc1. The Labute approximate surface area is 198 Å². The summed E-state index contributed by atoms with van der Waals surface area (Å²) in [6.07, 6.45) is 0. The lowest BCUT2D eigenvalue weighted by Crippen LogP contribution is -2.46. The van der Waals surface area contributed by atoms with Crippen molar-refractivity contribution < 1.29 is 18.1 Å². The molecule has 1 aromatic heterocycles. The summed E-state index contributed by atoms with van der Waals surface area (Å²) in [4.78, 5) is 19.0. The molecule has 0 spiro atoms. The lowest BCUT2D eigenvalue weighted by Gasteiger charge is -2.35. The summed E-state index contributed by atoms with van der Waals surface area (Å²) in [5.74, 6) is -0.423. The normalized spacial score (nSPS) is 16.1. The van der Waals surface area contributed by atoms with Crippen molar-refractivity contribution in [3.63, 3.8) is 0 Å². The van der Waals surface area contributed by atoms with Crippen LogP contribution in [0, 0.1) is 11.6 Å². The smallest absolute Gasteiger partial charge is 0.326 e. The summed E-state index contributed by atoms with van der Waals surface area (Å²) in [6.45, 7) is 1.72.